The van der Waals surface area contributed by atoms with Crippen LogP contribution in [0.3, 0.4) is 0 Å². The van der Waals surface area contributed by atoms with Crippen LogP contribution in [0.25, 0.3) is 0 Å². The van der Waals surface area contributed by atoms with Gasteiger partial charge in [0.25, 0.3) is 0 Å². The molecule has 5 heteroatoms. The summed E-state index contributed by atoms with van der Waals surface area (Å²) in [5.74, 6) is 0.184. The Morgan fingerprint density at radius 2 is 2.05 bits per heavy atom. The lowest BCUT2D eigenvalue weighted by atomic mass is 10.2. The van der Waals surface area contributed by atoms with Gasteiger partial charge < -0.3 is 15.3 Å². The van der Waals surface area contributed by atoms with E-state index >= 15 is 0 Å². The molecule has 0 bridgehead atoms. The molecule has 2 unspecified atom stereocenters. The van der Waals surface area contributed by atoms with Crippen LogP contribution in [0.5, 0.6) is 0 Å². The van der Waals surface area contributed by atoms with Crippen LogP contribution in [0.15, 0.2) is 30.3 Å². The zero-order valence-electron chi connectivity index (χ0n) is 12.9. The smallest absolute Gasteiger partial charge is 0.222 e. The molecule has 120 valence electrons. The zero-order chi connectivity index (χ0) is 15.4. The van der Waals surface area contributed by atoms with E-state index in [0.717, 1.165) is 38.2 Å². The fourth-order valence-electron chi connectivity index (χ4n) is 3.39. The maximum absolute atomic E-state index is 11.6. The SMILES string of the molecule is O=C1CCCN1CC(O)CN1CCC(Nc2ccccc2)C1. The number of nitrogens with one attached hydrogen (secondary N) is 1. The van der Waals surface area contributed by atoms with Gasteiger partial charge in [-0.1, -0.05) is 18.2 Å². The summed E-state index contributed by atoms with van der Waals surface area (Å²) in [4.78, 5) is 15.7. The predicted molar refractivity (Wildman–Crippen MR) is 86.7 cm³/mol. The lowest BCUT2D eigenvalue weighted by Gasteiger charge is -2.24. The van der Waals surface area contributed by atoms with E-state index in [4.69, 9.17) is 0 Å². The standard InChI is InChI=1S/C17H25N3O2/c21-16(13-20-9-4-7-17(20)22)12-19-10-8-15(11-19)18-14-5-2-1-3-6-14/h1-3,5-6,15-16,18,21H,4,7-13H2. The topological polar surface area (TPSA) is 55.8 Å². The maximum Gasteiger partial charge on any atom is 0.222 e. The Labute approximate surface area is 131 Å². The monoisotopic (exact) mass is 303 g/mol. The van der Waals surface area contributed by atoms with Crippen molar-refractivity contribution in [2.45, 2.75) is 31.4 Å². The van der Waals surface area contributed by atoms with Crippen molar-refractivity contribution in [1.82, 2.24) is 9.80 Å². The number of nitrogens with zero attached hydrogens (tertiary/aromatic N) is 2. The fraction of sp³-hybridized carbons (Fsp3) is 0.588. The van der Waals surface area contributed by atoms with E-state index in [1.165, 1.54) is 0 Å². The summed E-state index contributed by atoms with van der Waals surface area (Å²) in [6.07, 6.45) is 2.21. The highest BCUT2D eigenvalue weighted by Gasteiger charge is 2.27. The van der Waals surface area contributed by atoms with Gasteiger partial charge in [0.1, 0.15) is 0 Å². The van der Waals surface area contributed by atoms with Gasteiger partial charge >= 0.3 is 0 Å². The number of β-amino-alcohol motifs (C(OH)–C–C–N with tert-alkyl or cyclic N) is 1. The molecule has 0 radical (unpaired) electrons. The third-order valence-corrected chi connectivity index (χ3v) is 4.49. The molecule has 0 aromatic heterocycles. The predicted octanol–water partition coefficient (Wildman–Crippen LogP) is 1.16. The Morgan fingerprint density at radius 1 is 1.23 bits per heavy atom. The number of hydrogen-bond donors (Lipinski definition) is 2. The normalized spacial score (nSPS) is 24.0. The van der Waals surface area contributed by atoms with E-state index in [0.29, 0.717) is 25.6 Å². The molecule has 1 aromatic carbocycles. The van der Waals surface area contributed by atoms with Crippen molar-refractivity contribution in [1.29, 1.82) is 0 Å². The van der Waals surface area contributed by atoms with Crippen LogP contribution in [-0.2, 0) is 4.79 Å². The molecule has 0 saturated carbocycles. The maximum atomic E-state index is 11.6. The highest BCUT2D eigenvalue weighted by Crippen LogP contribution is 2.16. The van der Waals surface area contributed by atoms with E-state index in [2.05, 4.69) is 22.3 Å². The third-order valence-electron chi connectivity index (χ3n) is 4.49. The van der Waals surface area contributed by atoms with Gasteiger partial charge in [0.2, 0.25) is 5.91 Å². The Morgan fingerprint density at radius 3 is 2.77 bits per heavy atom. The van der Waals surface area contributed by atoms with Gasteiger partial charge in [0, 0.05) is 50.9 Å². The highest BCUT2D eigenvalue weighted by molar-refractivity contribution is 5.78. The van der Waals surface area contributed by atoms with Crippen LogP contribution in [0.2, 0.25) is 0 Å². The summed E-state index contributed by atoms with van der Waals surface area (Å²) in [6.45, 7) is 3.87. The van der Waals surface area contributed by atoms with Crippen molar-refractivity contribution >= 4 is 11.6 Å². The number of rotatable bonds is 6. The lowest BCUT2D eigenvalue weighted by Crippen LogP contribution is -2.40. The second-order valence-corrected chi connectivity index (χ2v) is 6.35. The van der Waals surface area contributed by atoms with E-state index in [-0.39, 0.29) is 5.91 Å². The van der Waals surface area contributed by atoms with Gasteiger partial charge in [-0.25, -0.2) is 0 Å². The minimum atomic E-state index is -0.447. The number of amides is 1. The molecule has 1 aromatic rings. The minimum absolute atomic E-state index is 0.184. The molecular weight excluding hydrogens is 278 g/mol. The molecule has 3 rings (SSSR count). The molecule has 0 aliphatic carbocycles. The first-order chi connectivity index (χ1) is 10.7. The third kappa shape index (κ3) is 3.99. The summed E-state index contributed by atoms with van der Waals surface area (Å²) < 4.78 is 0. The number of aliphatic hydroxyl groups excluding tert-OH is 1. The summed E-state index contributed by atoms with van der Waals surface area (Å²) in [5, 5.41) is 13.7. The van der Waals surface area contributed by atoms with Crippen LogP contribution in [0.4, 0.5) is 5.69 Å². The first-order valence-corrected chi connectivity index (χ1v) is 8.20. The molecule has 2 N–H and O–H groups in total. The summed E-state index contributed by atoms with van der Waals surface area (Å²) in [5.41, 5.74) is 1.15. The number of aliphatic hydroxyl groups is 1. The van der Waals surface area contributed by atoms with Crippen LogP contribution in [0.1, 0.15) is 19.3 Å². The molecule has 2 aliphatic heterocycles. The quantitative estimate of drug-likeness (QED) is 0.828. The van der Waals surface area contributed by atoms with Gasteiger partial charge in [-0.15, -0.1) is 0 Å². The number of carbonyl (C=O) groups is 1. The van der Waals surface area contributed by atoms with E-state index in [1.807, 2.05) is 18.2 Å². The van der Waals surface area contributed by atoms with Crippen molar-refractivity contribution < 1.29 is 9.90 Å². The van der Waals surface area contributed by atoms with Crippen molar-refractivity contribution in [3.63, 3.8) is 0 Å². The second-order valence-electron chi connectivity index (χ2n) is 6.35. The fourth-order valence-corrected chi connectivity index (χ4v) is 3.39. The first-order valence-electron chi connectivity index (χ1n) is 8.20. The summed E-state index contributed by atoms with van der Waals surface area (Å²) in [7, 11) is 0. The largest absolute Gasteiger partial charge is 0.390 e. The van der Waals surface area contributed by atoms with Gasteiger partial charge in [0.15, 0.2) is 0 Å². The number of benzene rings is 1. The van der Waals surface area contributed by atoms with Gasteiger partial charge in [-0.2, -0.15) is 0 Å². The molecule has 22 heavy (non-hydrogen) atoms. The first kappa shape index (κ1) is 15.3. The number of para-hydroxylation sites is 1. The van der Waals surface area contributed by atoms with E-state index < -0.39 is 6.10 Å². The van der Waals surface area contributed by atoms with Gasteiger partial charge in [0.05, 0.1) is 6.10 Å². The summed E-state index contributed by atoms with van der Waals surface area (Å²) >= 11 is 0. The highest BCUT2D eigenvalue weighted by atomic mass is 16.3. The number of hydrogen-bond acceptors (Lipinski definition) is 4. The average Bonchev–Trinajstić information content (AvgIpc) is 3.10. The van der Waals surface area contributed by atoms with Crippen molar-refractivity contribution in [2.75, 3.05) is 38.0 Å². The second kappa shape index (κ2) is 7.11. The minimum Gasteiger partial charge on any atom is -0.390 e. The van der Waals surface area contributed by atoms with Crippen LogP contribution in [-0.4, -0.2) is 65.7 Å². The Bertz CT molecular complexity index is 494. The Balaban J connectivity index is 1.41. The Hall–Kier alpha value is -1.59. The lowest BCUT2D eigenvalue weighted by molar-refractivity contribution is -0.129. The van der Waals surface area contributed by atoms with E-state index in [1.54, 1.807) is 4.90 Å². The average molecular weight is 303 g/mol. The molecule has 1 amide bonds. The molecular formula is C17H25N3O2. The number of carbonyl (C=O) groups excluding carboxylic acids is 1. The van der Waals surface area contributed by atoms with Crippen LogP contribution in [0, 0.1) is 0 Å². The van der Waals surface area contributed by atoms with Crippen LogP contribution >= 0.6 is 0 Å². The molecule has 2 aliphatic rings. The zero-order valence-corrected chi connectivity index (χ0v) is 12.9. The van der Waals surface area contributed by atoms with E-state index in [9.17, 15) is 9.90 Å². The molecule has 2 atom stereocenters. The molecule has 0 spiro atoms. The van der Waals surface area contributed by atoms with Crippen molar-refractivity contribution in [3.8, 4) is 0 Å². The van der Waals surface area contributed by atoms with Crippen molar-refractivity contribution in [2.24, 2.45) is 0 Å². The molecule has 2 saturated heterocycles. The molecule has 2 heterocycles. The molecule has 2 fully saturated rings. The van der Waals surface area contributed by atoms with Gasteiger partial charge in [-0.3, -0.25) is 9.69 Å². The van der Waals surface area contributed by atoms with Crippen molar-refractivity contribution in [3.05, 3.63) is 30.3 Å². The summed E-state index contributed by atoms with van der Waals surface area (Å²) in [6, 6.07) is 10.7. The molecule has 5 nitrogen and oxygen atoms in total. The van der Waals surface area contributed by atoms with Gasteiger partial charge in [-0.05, 0) is 25.0 Å². The number of likely N-dealkylation sites (tertiary alicyclic amines) is 2. The number of anilines is 1. The Kier molecular flexibility index (Phi) is 4.95. The van der Waals surface area contributed by atoms with Crippen LogP contribution < -0.4 is 5.32 Å².